The first-order chi connectivity index (χ1) is 11.6. The van der Waals surface area contributed by atoms with E-state index >= 15 is 0 Å². The molecule has 0 aliphatic rings. The quantitative estimate of drug-likeness (QED) is 0.701. The number of aromatic nitrogens is 2. The number of hydrogen-bond acceptors (Lipinski definition) is 3. The average Bonchev–Trinajstić information content (AvgIpc) is 2.91. The van der Waals surface area contributed by atoms with Crippen molar-refractivity contribution in [3.8, 4) is 0 Å². The van der Waals surface area contributed by atoms with Gasteiger partial charge >= 0.3 is 0 Å². The van der Waals surface area contributed by atoms with Crippen molar-refractivity contribution in [1.82, 2.24) is 14.9 Å². The van der Waals surface area contributed by atoms with Gasteiger partial charge in [0.25, 0.3) is 0 Å². The Balaban J connectivity index is 1.50. The SMILES string of the molecule is Cc1ccccc1CCNC(=O)CSc1nc2ccccc2n1C. The molecule has 24 heavy (non-hydrogen) atoms. The highest BCUT2D eigenvalue weighted by Crippen LogP contribution is 2.22. The summed E-state index contributed by atoms with van der Waals surface area (Å²) in [6.07, 6.45) is 0.857. The number of amides is 1. The van der Waals surface area contributed by atoms with Crippen molar-refractivity contribution in [2.75, 3.05) is 12.3 Å². The molecular weight excluding hydrogens is 318 g/mol. The molecule has 3 rings (SSSR count). The highest BCUT2D eigenvalue weighted by Gasteiger charge is 2.10. The lowest BCUT2D eigenvalue weighted by Gasteiger charge is -2.07. The first-order valence-corrected chi connectivity index (χ1v) is 8.99. The lowest BCUT2D eigenvalue weighted by molar-refractivity contribution is -0.118. The van der Waals surface area contributed by atoms with Gasteiger partial charge in [0.2, 0.25) is 5.91 Å². The van der Waals surface area contributed by atoms with E-state index in [4.69, 9.17) is 0 Å². The molecule has 0 unspecified atom stereocenters. The molecule has 1 aromatic heterocycles. The Hall–Kier alpha value is -2.27. The monoisotopic (exact) mass is 339 g/mol. The number of aryl methyl sites for hydroxylation is 2. The summed E-state index contributed by atoms with van der Waals surface area (Å²) in [5, 5.41) is 3.85. The lowest BCUT2D eigenvalue weighted by Crippen LogP contribution is -2.27. The van der Waals surface area contributed by atoms with Crippen LogP contribution in [0.2, 0.25) is 0 Å². The van der Waals surface area contributed by atoms with E-state index in [-0.39, 0.29) is 5.91 Å². The second-order valence-corrected chi connectivity index (χ2v) is 6.70. The molecule has 1 amide bonds. The van der Waals surface area contributed by atoms with Crippen LogP contribution >= 0.6 is 11.8 Å². The van der Waals surface area contributed by atoms with Crippen molar-refractivity contribution >= 4 is 28.7 Å². The van der Waals surface area contributed by atoms with E-state index < -0.39 is 0 Å². The molecule has 0 atom stereocenters. The molecule has 0 saturated carbocycles. The van der Waals surface area contributed by atoms with Crippen LogP contribution in [-0.2, 0) is 18.3 Å². The standard InChI is InChI=1S/C19H21N3OS/c1-14-7-3-4-8-15(14)11-12-20-18(23)13-24-19-21-16-9-5-6-10-17(16)22(19)2/h3-10H,11-13H2,1-2H3,(H,20,23). The zero-order valence-corrected chi connectivity index (χ0v) is 14.8. The maximum absolute atomic E-state index is 12.0. The zero-order valence-electron chi connectivity index (χ0n) is 14.0. The minimum absolute atomic E-state index is 0.0423. The number of thioether (sulfide) groups is 1. The number of rotatable bonds is 6. The van der Waals surface area contributed by atoms with Crippen molar-refractivity contribution in [2.45, 2.75) is 18.5 Å². The zero-order chi connectivity index (χ0) is 16.9. The minimum atomic E-state index is 0.0423. The topological polar surface area (TPSA) is 46.9 Å². The summed E-state index contributed by atoms with van der Waals surface area (Å²) in [6, 6.07) is 16.3. The van der Waals surface area contributed by atoms with Gasteiger partial charge in [0, 0.05) is 13.6 Å². The van der Waals surface area contributed by atoms with E-state index in [2.05, 4.69) is 29.4 Å². The fourth-order valence-electron chi connectivity index (χ4n) is 2.66. The van der Waals surface area contributed by atoms with Crippen molar-refractivity contribution in [3.05, 3.63) is 59.7 Å². The Morgan fingerprint density at radius 1 is 1.17 bits per heavy atom. The Morgan fingerprint density at radius 2 is 1.92 bits per heavy atom. The van der Waals surface area contributed by atoms with Gasteiger partial charge in [-0.05, 0) is 36.6 Å². The summed E-state index contributed by atoms with van der Waals surface area (Å²) in [4.78, 5) is 16.6. The number of carbonyl (C=O) groups excluding carboxylic acids is 1. The molecule has 4 nitrogen and oxygen atoms in total. The summed E-state index contributed by atoms with van der Waals surface area (Å²) >= 11 is 1.47. The molecule has 1 N–H and O–H groups in total. The molecule has 5 heteroatoms. The van der Waals surface area contributed by atoms with Crippen molar-refractivity contribution in [1.29, 1.82) is 0 Å². The van der Waals surface area contributed by atoms with Gasteiger partial charge in [-0.15, -0.1) is 0 Å². The minimum Gasteiger partial charge on any atom is -0.355 e. The van der Waals surface area contributed by atoms with Crippen LogP contribution in [0.1, 0.15) is 11.1 Å². The lowest BCUT2D eigenvalue weighted by atomic mass is 10.1. The van der Waals surface area contributed by atoms with Gasteiger partial charge in [-0.3, -0.25) is 4.79 Å². The fraction of sp³-hybridized carbons (Fsp3) is 0.263. The number of fused-ring (bicyclic) bond motifs is 1. The Bertz CT molecular complexity index is 857. The third-order valence-corrected chi connectivity index (χ3v) is 5.09. The maximum atomic E-state index is 12.0. The van der Waals surface area contributed by atoms with Gasteiger partial charge in [0.15, 0.2) is 5.16 Å². The normalized spacial score (nSPS) is 10.9. The molecule has 0 fully saturated rings. The molecule has 0 aliphatic heterocycles. The van der Waals surface area contributed by atoms with E-state index in [1.165, 1.54) is 22.9 Å². The van der Waals surface area contributed by atoms with Crippen molar-refractivity contribution < 1.29 is 4.79 Å². The summed E-state index contributed by atoms with van der Waals surface area (Å²) < 4.78 is 2.03. The first-order valence-electron chi connectivity index (χ1n) is 8.00. The molecule has 2 aromatic carbocycles. The molecule has 1 heterocycles. The van der Waals surface area contributed by atoms with E-state index in [0.717, 1.165) is 22.6 Å². The van der Waals surface area contributed by atoms with E-state index in [1.807, 2.05) is 48.0 Å². The highest BCUT2D eigenvalue weighted by atomic mass is 32.2. The van der Waals surface area contributed by atoms with Gasteiger partial charge in [-0.2, -0.15) is 0 Å². The number of benzene rings is 2. The van der Waals surface area contributed by atoms with Gasteiger partial charge in [0.1, 0.15) is 0 Å². The summed E-state index contributed by atoms with van der Waals surface area (Å²) in [6.45, 7) is 2.76. The van der Waals surface area contributed by atoms with Gasteiger partial charge in [-0.1, -0.05) is 48.2 Å². The molecule has 0 aliphatic carbocycles. The number of hydrogen-bond donors (Lipinski definition) is 1. The van der Waals surface area contributed by atoms with Crippen LogP contribution in [0.25, 0.3) is 11.0 Å². The molecule has 0 radical (unpaired) electrons. The van der Waals surface area contributed by atoms with Gasteiger partial charge < -0.3 is 9.88 Å². The molecular formula is C19H21N3OS. The van der Waals surface area contributed by atoms with E-state index in [9.17, 15) is 4.79 Å². The molecule has 3 aromatic rings. The van der Waals surface area contributed by atoms with E-state index in [0.29, 0.717) is 12.3 Å². The summed E-state index contributed by atoms with van der Waals surface area (Å²) in [5.74, 6) is 0.422. The second kappa shape index (κ2) is 7.53. The Morgan fingerprint density at radius 3 is 2.71 bits per heavy atom. The third kappa shape index (κ3) is 3.79. The highest BCUT2D eigenvalue weighted by molar-refractivity contribution is 7.99. The smallest absolute Gasteiger partial charge is 0.230 e. The molecule has 0 saturated heterocycles. The first kappa shape index (κ1) is 16.6. The largest absolute Gasteiger partial charge is 0.355 e. The summed E-state index contributed by atoms with van der Waals surface area (Å²) in [7, 11) is 1.98. The molecule has 0 bridgehead atoms. The number of para-hydroxylation sites is 2. The van der Waals surface area contributed by atoms with Crippen LogP contribution in [0.4, 0.5) is 0 Å². The van der Waals surface area contributed by atoms with Crippen LogP contribution < -0.4 is 5.32 Å². The van der Waals surface area contributed by atoms with Crippen LogP contribution in [-0.4, -0.2) is 27.8 Å². The fourth-order valence-corrected chi connectivity index (χ4v) is 3.48. The van der Waals surface area contributed by atoms with Gasteiger partial charge in [-0.25, -0.2) is 4.98 Å². The third-order valence-electron chi connectivity index (χ3n) is 4.06. The van der Waals surface area contributed by atoms with Gasteiger partial charge in [0.05, 0.1) is 16.8 Å². The van der Waals surface area contributed by atoms with Crippen molar-refractivity contribution in [3.63, 3.8) is 0 Å². The predicted octanol–water partition coefficient (Wildman–Crippen LogP) is 3.33. The van der Waals surface area contributed by atoms with Crippen LogP contribution in [0.5, 0.6) is 0 Å². The number of imidazole rings is 1. The van der Waals surface area contributed by atoms with E-state index in [1.54, 1.807) is 0 Å². The average molecular weight is 339 g/mol. The Labute approximate surface area is 146 Å². The summed E-state index contributed by atoms with van der Waals surface area (Å²) in [5.41, 5.74) is 4.59. The maximum Gasteiger partial charge on any atom is 0.230 e. The van der Waals surface area contributed by atoms with Crippen LogP contribution in [0.3, 0.4) is 0 Å². The Kier molecular flexibility index (Phi) is 5.20. The molecule has 124 valence electrons. The number of carbonyl (C=O) groups is 1. The predicted molar refractivity (Wildman–Crippen MR) is 99.3 cm³/mol. The second-order valence-electron chi connectivity index (χ2n) is 5.76. The van der Waals surface area contributed by atoms with Crippen LogP contribution in [0.15, 0.2) is 53.7 Å². The number of nitrogens with zero attached hydrogens (tertiary/aromatic N) is 2. The van der Waals surface area contributed by atoms with Crippen molar-refractivity contribution in [2.24, 2.45) is 7.05 Å². The molecule has 0 spiro atoms. The number of nitrogens with one attached hydrogen (secondary N) is 1. The van der Waals surface area contributed by atoms with Crippen LogP contribution in [0, 0.1) is 6.92 Å².